The van der Waals surface area contributed by atoms with Crippen molar-refractivity contribution >= 4 is 52.3 Å². The van der Waals surface area contributed by atoms with E-state index in [2.05, 4.69) is 47.9 Å². The Hall–Kier alpha value is -2.56. The molecule has 1 radical (unpaired) electrons. The van der Waals surface area contributed by atoms with Gasteiger partial charge in [0.25, 0.3) is 0 Å². The van der Waals surface area contributed by atoms with Gasteiger partial charge >= 0.3 is 7.48 Å². The zero-order valence-electron chi connectivity index (χ0n) is 16.9. The zero-order chi connectivity index (χ0) is 20.3. The van der Waals surface area contributed by atoms with Gasteiger partial charge in [0.2, 0.25) is 0 Å². The van der Waals surface area contributed by atoms with E-state index in [9.17, 15) is 5.11 Å². The Morgan fingerprint density at radius 3 is 2.36 bits per heavy atom. The first-order valence-corrected chi connectivity index (χ1v) is 9.50. The number of fused-ring (bicyclic) bond motifs is 3. The molecule has 2 aromatic carbocycles. The van der Waals surface area contributed by atoms with Crippen molar-refractivity contribution in [3.63, 3.8) is 0 Å². The van der Waals surface area contributed by atoms with Gasteiger partial charge in [-0.15, -0.1) is 0 Å². The molecule has 0 aliphatic carbocycles. The van der Waals surface area contributed by atoms with Crippen molar-refractivity contribution in [1.29, 1.82) is 0 Å². The standard InChI is InChI=1S/C24H25BNO2/c1-7-16-17-10-9-11-18-19-14-15(25-28-24(5,6)23(3,4)27)12-13-21(19)26(22(17)18)20(16)8-2/h7-14,27H,1-2H2,3-6H3. The summed E-state index contributed by atoms with van der Waals surface area (Å²) >= 11 is 0. The van der Waals surface area contributed by atoms with Crippen molar-refractivity contribution in [1.82, 2.24) is 4.40 Å². The number of aromatic nitrogens is 1. The second-order valence-corrected chi connectivity index (χ2v) is 8.33. The molecule has 0 atom stereocenters. The third kappa shape index (κ3) is 2.60. The topological polar surface area (TPSA) is 33.9 Å². The minimum atomic E-state index is -0.954. The molecule has 0 amide bonds. The Bertz CT molecular complexity index is 1210. The molecule has 0 unspecified atom stereocenters. The number of para-hydroxylation sites is 1. The summed E-state index contributed by atoms with van der Waals surface area (Å²) in [6, 6.07) is 12.7. The van der Waals surface area contributed by atoms with Crippen LogP contribution in [0, 0.1) is 0 Å². The SMILES string of the molecule is C=Cc1c(C=C)n2c3ccc([B]OC(C)(C)C(C)(C)O)cc3c3cccc1c32. The minimum absolute atomic E-state index is 0.702. The van der Waals surface area contributed by atoms with E-state index in [4.69, 9.17) is 4.65 Å². The molecule has 0 aliphatic rings. The van der Waals surface area contributed by atoms with Crippen LogP contribution in [-0.2, 0) is 4.65 Å². The van der Waals surface area contributed by atoms with Gasteiger partial charge in [-0.2, -0.15) is 0 Å². The number of benzene rings is 2. The van der Waals surface area contributed by atoms with Crippen molar-refractivity contribution in [2.45, 2.75) is 38.9 Å². The van der Waals surface area contributed by atoms with Gasteiger partial charge in [-0.25, -0.2) is 0 Å². The molecular formula is C24H25BNO2. The van der Waals surface area contributed by atoms with Gasteiger partial charge in [-0.3, -0.25) is 0 Å². The molecule has 4 heteroatoms. The quantitative estimate of drug-likeness (QED) is 0.496. The lowest BCUT2D eigenvalue weighted by Gasteiger charge is -2.37. The Labute approximate surface area is 166 Å². The van der Waals surface area contributed by atoms with Crippen LogP contribution in [0.15, 0.2) is 49.6 Å². The largest absolute Gasteiger partial charge is 0.427 e. The lowest BCUT2D eigenvalue weighted by Crippen LogP contribution is -2.49. The van der Waals surface area contributed by atoms with E-state index in [1.54, 1.807) is 21.3 Å². The van der Waals surface area contributed by atoms with Crippen molar-refractivity contribution in [2.24, 2.45) is 0 Å². The lowest BCUT2D eigenvalue weighted by atomic mass is 9.82. The van der Waals surface area contributed by atoms with Crippen LogP contribution in [-0.4, -0.2) is 28.2 Å². The summed E-state index contributed by atoms with van der Waals surface area (Å²) < 4.78 is 8.20. The van der Waals surface area contributed by atoms with Crippen LogP contribution in [0.3, 0.4) is 0 Å². The molecule has 3 nitrogen and oxygen atoms in total. The van der Waals surface area contributed by atoms with E-state index in [0.29, 0.717) is 0 Å². The average Bonchev–Trinajstić information content (AvgIpc) is 3.15. The van der Waals surface area contributed by atoms with Crippen LogP contribution >= 0.6 is 0 Å². The van der Waals surface area contributed by atoms with E-state index in [0.717, 1.165) is 27.6 Å². The predicted molar refractivity (Wildman–Crippen MR) is 121 cm³/mol. The van der Waals surface area contributed by atoms with E-state index in [1.807, 2.05) is 32.1 Å². The maximum Gasteiger partial charge on any atom is 0.330 e. The van der Waals surface area contributed by atoms with Gasteiger partial charge in [0.15, 0.2) is 0 Å². The Morgan fingerprint density at radius 1 is 1.00 bits per heavy atom. The highest BCUT2D eigenvalue weighted by atomic mass is 16.5. The van der Waals surface area contributed by atoms with Crippen molar-refractivity contribution in [2.75, 3.05) is 0 Å². The van der Waals surface area contributed by atoms with E-state index >= 15 is 0 Å². The highest BCUT2D eigenvalue weighted by Gasteiger charge is 2.35. The number of hydrogen-bond acceptors (Lipinski definition) is 2. The zero-order valence-corrected chi connectivity index (χ0v) is 16.9. The summed E-state index contributed by atoms with van der Waals surface area (Å²) in [5.41, 5.74) is 3.81. The molecule has 28 heavy (non-hydrogen) atoms. The van der Waals surface area contributed by atoms with Crippen LogP contribution in [0.4, 0.5) is 0 Å². The smallest absolute Gasteiger partial charge is 0.330 e. The fourth-order valence-corrected chi connectivity index (χ4v) is 3.66. The third-order valence-corrected chi connectivity index (χ3v) is 5.98. The highest BCUT2D eigenvalue weighted by Crippen LogP contribution is 2.38. The van der Waals surface area contributed by atoms with Crippen LogP contribution in [0.2, 0.25) is 0 Å². The first-order chi connectivity index (χ1) is 13.2. The lowest BCUT2D eigenvalue weighted by molar-refractivity contribution is -0.0893. The summed E-state index contributed by atoms with van der Waals surface area (Å²) in [6.45, 7) is 15.3. The van der Waals surface area contributed by atoms with Gasteiger partial charge in [0.05, 0.1) is 27.9 Å². The molecule has 0 fully saturated rings. The van der Waals surface area contributed by atoms with Crippen molar-refractivity contribution in [3.05, 3.63) is 60.8 Å². The monoisotopic (exact) mass is 370 g/mol. The number of nitrogens with zero attached hydrogens (tertiary/aromatic N) is 1. The van der Waals surface area contributed by atoms with Crippen LogP contribution in [0.5, 0.6) is 0 Å². The Morgan fingerprint density at radius 2 is 1.71 bits per heavy atom. The predicted octanol–water partition coefficient (Wildman–Crippen LogP) is 4.78. The maximum absolute atomic E-state index is 10.3. The van der Waals surface area contributed by atoms with Gasteiger partial charge in [-0.05, 0) is 39.8 Å². The summed E-state index contributed by atoms with van der Waals surface area (Å²) in [6.07, 6.45) is 3.80. The molecule has 4 aromatic rings. The number of hydrogen-bond donors (Lipinski definition) is 1. The molecule has 2 heterocycles. The Balaban J connectivity index is 1.87. The number of rotatable bonds is 6. The normalized spacial score (nSPS) is 12.9. The molecule has 0 spiro atoms. The Kier molecular flexibility index (Phi) is 4.18. The molecule has 0 aliphatic heterocycles. The second-order valence-electron chi connectivity index (χ2n) is 8.33. The minimum Gasteiger partial charge on any atom is -0.427 e. The highest BCUT2D eigenvalue weighted by molar-refractivity contribution is 6.47. The summed E-state index contributed by atoms with van der Waals surface area (Å²) in [5, 5.41) is 13.9. The third-order valence-electron chi connectivity index (χ3n) is 5.98. The van der Waals surface area contributed by atoms with Gasteiger partial charge < -0.3 is 14.2 Å². The molecule has 0 saturated heterocycles. The first-order valence-electron chi connectivity index (χ1n) is 9.50. The average molecular weight is 370 g/mol. The molecule has 1 N–H and O–H groups in total. The van der Waals surface area contributed by atoms with Crippen molar-refractivity contribution in [3.8, 4) is 0 Å². The van der Waals surface area contributed by atoms with Gasteiger partial charge in [-0.1, -0.05) is 55.0 Å². The summed E-state index contributed by atoms with van der Waals surface area (Å²) in [4.78, 5) is 0. The van der Waals surface area contributed by atoms with Crippen LogP contribution in [0.1, 0.15) is 39.0 Å². The van der Waals surface area contributed by atoms with Crippen LogP contribution in [0.25, 0.3) is 39.3 Å². The first kappa shape index (κ1) is 18.8. The molecule has 4 rings (SSSR count). The van der Waals surface area contributed by atoms with Crippen molar-refractivity contribution < 1.29 is 9.76 Å². The second kappa shape index (κ2) is 6.23. The maximum atomic E-state index is 10.3. The molecule has 0 bridgehead atoms. The van der Waals surface area contributed by atoms with E-state index in [1.165, 1.54) is 16.3 Å². The summed E-state index contributed by atoms with van der Waals surface area (Å²) in [7, 11) is 1.73. The van der Waals surface area contributed by atoms with Crippen LogP contribution < -0.4 is 5.46 Å². The van der Waals surface area contributed by atoms with Gasteiger partial charge in [0, 0.05) is 21.7 Å². The van der Waals surface area contributed by atoms with Gasteiger partial charge in [0.1, 0.15) is 0 Å². The summed E-state index contributed by atoms with van der Waals surface area (Å²) in [5.74, 6) is 0. The number of aliphatic hydroxyl groups is 1. The molecular weight excluding hydrogens is 345 g/mol. The molecule has 0 saturated carbocycles. The fraction of sp³-hybridized carbons (Fsp3) is 0.250. The molecule has 141 valence electrons. The van der Waals surface area contributed by atoms with E-state index < -0.39 is 11.2 Å². The van der Waals surface area contributed by atoms with E-state index in [-0.39, 0.29) is 0 Å². The fourth-order valence-electron chi connectivity index (χ4n) is 3.66. The molecule has 2 aromatic heterocycles.